The van der Waals surface area contributed by atoms with E-state index in [-0.39, 0.29) is 5.78 Å². The van der Waals surface area contributed by atoms with Crippen molar-refractivity contribution in [3.8, 4) is 0 Å². The molecule has 0 N–H and O–H groups in total. The van der Waals surface area contributed by atoms with Crippen molar-refractivity contribution < 1.29 is 4.79 Å². The Labute approximate surface area is 76.0 Å². The average molecular weight is 181 g/mol. The van der Waals surface area contributed by atoms with Gasteiger partial charge in [0, 0.05) is 12.6 Å². The van der Waals surface area contributed by atoms with Crippen LogP contribution in [0.4, 0.5) is 0 Å². The van der Waals surface area contributed by atoms with Crippen LogP contribution in [0.5, 0.6) is 0 Å². The molecule has 1 aromatic heterocycles. The Balaban J connectivity index is 2.45. The fourth-order valence-corrected chi connectivity index (χ4v) is 1.39. The number of rotatable bonds is 4. The molecular weight excluding hydrogens is 170 g/mol. The first-order chi connectivity index (χ1) is 5.70. The third-order valence-corrected chi connectivity index (χ3v) is 2.30. The number of hydrogen-bond acceptors (Lipinski definition) is 3. The minimum atomic E-state index is 0.167. The van der Waals surface area contributed by atoms with Crippen molar-refractivity contribution in [1.29, 1.82) is 0 Å². The Kier molecular flexibility index (Phi) is 3.17. The summed E-state index contributed by atoms with van der Waals surface area (Å²) in [4.78, 5) is 15.9. The first-order valence-electron chi connectivity index (χ1n) is 3.76. The van der Waals surface area contributed by atoms with Gasteiger partial charge < -0.3 is 0 Å². The van der Waals surface area contributed by atoms with Crippen LogP contribution in [0.15, 0.2) is 23.9 Å². The number of ketones is 1. The van der Waals surface area contributed by atoms with Crippen molar-refractivity contribution in [2.75, 3.05) is 0 Å². The lowest BCUT2D eigenvalue weighted by Crippen LogP contribution is -1.95. The van der Waals surface area contributed by atoms with Gasteiger partial charge in [-0.1, -0.05) is 5.57 Å². The van der Waals surface area contributed by atoms with Gasteiger partial charge in [-0.05, 0) is 13.3 Å². The number of hydrogen-bond donors (Lipinski definition) is 0. The first-order valence-corrected chi connectivity index (χ1v) is 4.64. The number of allylic oxidation sites excluding steroid dienone is 1. The van der Waals surface area contributed by atoms with Crippen LogP contribution in [-0.4, -0.2) is 10.8 Å². The van der Waals surface area contributed by atoms with Crippen LogP contribution in [0.25, 0.3) is 0 Å². The molecule has 0 amide bonds. The maximum atomic E-state index is 11.3. The SMILES string of the molecule is C=C(C)CCC(=O)c1cncs1. The Morgan fingerprint density at radius 2 is 2.42 bits per heavy atom. The lowest BCUT2D eigenvalue weighted by atomic mass is 10.1. The van der Waals surface area contributed by atoms with Crippen LogP contribution in [0, 0.1) is 0 Å². The van der Waals surface area contributed by atoms with Crippen molar-refractivity contribution in [2.24, 2.45) is 0 Å². The summed E-state index contributed by atoms with van der Waals surface area (Å²) < 4.78 is 0. The minimum Gasteiger partial charge on any atom is -0.293 e. The summed E-state index contributed by atoms with van der Waals surface area (Å²) in [5.41, 5.74) is 2.72. The molecule has 0 aliphatic heterocycles. The van der Waals surface area contributed by atoms with Crippen molar-refractivity contribution in [3.63, 3.8) is 0 Å². The number of thiazole rings is 1. The normalized spacial score (nSPS) is 9.75. The molecule has 1 aromatic rings. The summed E-state index contributed by atoms with van der Waals surface area (Å²) in [6.45, 7) is 5.67. The van der Waals surface area contributed by atoms with Gasteiger partial charge in [-0.3, -0.25) is 9.78 Å². The van der Waals surface area contributed by atoms with Crippen LogP contribution in [0.1, 0.15) is 29.4 Å². The molecular formula is C9H11NOS. The molecule has 0 aliphatic rings. The first kappa shape index (κ1) is 9.13. The second-order valence-corrected chi connectivity index (χ2v) is 3.63. The van der Waals surface area contributed by atoms with E-state index in [4.69, 9.17) is 0 Å². The van der Waals surface area contributed by atoms with E-state index in [1.807, 2.05) is 6.92 Å². The third kappa shape index (κ3) is 2.58. The van der Waals surface area contributed by atoms with Gasteiger partial charge in [-0.15, -0.1) is 17.9 Å². The monoisotopic (exact) mass is 181 g/mol. The summed E-state index contributed by atoms with van der Waals surface area (Å²) >= 11 is 1.39. The molecule has 0 aliphatic carbocycles. The smallest absolute Gasteiger partial charge is 0.174 e. The fraction of sp³-hybridized carbons (Fsp3) is 0.333. The highest BCUT2D eigenvalue weighted by Gasteiger charge is 2.06. The van der Waals surface area contributed by atoms with Crippen molar-refractivity contribution >= 4 is 17.1 Å². The molecule has 0 bridgehead atoms. The fourth-order valence-electron chi connectivity index (χ4n) is 0.804. The van der Waals surface area contributed by atoms with Crippen LogP contribution < -0.4 is 0 Å². The maximum absolute atomic E-state index is 11.3. The van der Waals surface area contributed by atoms with Gasteiger partial charge >= 0.3 is 0 Å². The molecule has 64 valence electrons. The summed E-state index contributed by atoms with van der Waals surface area (Å²) in [6.07, 6.45) is 2.94. The van der Waals surface area contributed by atoms with E-state index in [0.29, 0.717) is 6.42 Å². The van der Waals surface area contributed by atoms with E-state index in [1.165, 1.54) is 11.3 Å². The van der Waals surface area contributed by atoms with E-state index in [2.05, 4.69) is 11.6 Å². The maximum Gasteiger partial charge on any atom is 0.174 e. The molecule has 0 aromatic carbocycles. The Morgan fingerprint density at radius 1 is 1.67 bits per heavy atom. The number of Topliss-reactive ketones (excluding diaryl/α,β-unsaturated/α-hetero) is 1. The Hall–Kier alpha value is -0.960. The van der Waals surface area contributed by atoms with Gasteiger partial charge in [0.25, 0.3) is 0 Å². The molecule has 0 saturated carbocycles. The molecule has 0 spiro atoms. The summed E-state index contributed by atoms with van der Waals surface area (Å²) in [5, 5.41) is 0. The molecule has 2 nitrogen and oxygen atoms in total. The lowest BCUT2D eigenvalue weighted by Gasteiger charge is -1.95. The standard InChI is InChI=1S/C9H11NOS/c1-7(2)3-4-8(11)9-5-10-6-12-9/h5-6H,1,3-4H2,2H3. The molecule has 0 fully saturated rings. The molecule has 0 saturated heterocycles. The number of aromatic nitrogens is 1. The van der Waals surface area contributed by atoms with E-state index in [9.17, 15) is 4.79 Å². The van der Waals surface area contributed by atoms with Crippen molar-refractivity contribution in [1.82, 2.24) is 4.98 Å². The predicted octanol–water partition coefficient (Wildman–Crippen LogP) is 2.68. The highest BCUT2D eigenvalue weighted by atomic mass is 32.1. The number of carbonyl (C=O) groups is 1. The van der Waals surface area contributed by atoms with Gasteiger partial charge in [-0.2, -0.15) is 0 Å². The highest BCUT2D eigenvalue weighted by molar-refractivity contribution is 7.11. The topological polar surface area (TPSA) is 30.0 Å². The molecule has 12 heavy (non-hydrogen) atoms. The van der Waals surface area contributed by atoms with E-state index >= 15 is 0 Å². The van der Waals surface area contributed by atoms with E-state index in [1.54, 1.807) is 11.7 Å². The van der Waals surface area contributed by atoms with Crippen molar-refractivity contribution in [3.05, 3.63) is 28.7 Å². The van der Waals surface area contributed by atoms with Crippen molar-refractivity contribution in [2.45, 2.75) is 19.8 Å². The van der Waals surface area contributed by atoms with Gasteiger partial charge in [0.15, 0.2) is 5.78 Å². The summed E-state index contributed by atoms with van der Waals surface area (Å²) in [5.74, 6) is 0.167. The van der Waals surface area contributed by atoms with Gasteiger partial charge in [-0.25, -0.2) is 0 Å². The Bertz CT molecular complexity index is 277. The average Bonchev–Trinajstić information content (AvgIpc) is 2.51. The summed E-state index contributed by atoms with van der Waals surface area (Å²) in [7, 11) is 0. The third-order valence-electron chi connectivity index (χ3n) is 1.49. The Morgan fingerprint density at radius 3 is 2.92 bits per heavy atom. The van der Waals surface area contributed by atoms with Crippen LogP contribution >= 0.6 is 11.3 Å². The van der Waals surface area contributed by atoms with Crippen LogP contribution in [-0.2, 0) is 0 Å². The van der Waals surface area contributed by atoms with Gasteiger partial charge in [0.05, 0.1) is 10.4 Å². The molecule has 1 heterocycles. The number of carbonyl (C=O) groups excluding carboxylic acids is 1. The molecule has 0 atom stereocenters. The van der Waals surface area contributed by atoms with Crippen LogP contribution in [0.2, 0.25) is 0 Å². The lowest BCUT2D eigenvalue weighted by molar-refractivity contribution is 0.0986. The molecule has 1 rings (SSSR count). The van der Waals surface area contributed by atoms with E-state index in [0.717, 1.165) is 16.9 Å². The largest absolute Gasteiger partial charge is 0.293 e. The zero-order chi connectivity index (χ0) is 8.97. The minimum absolute atomic E-state index is 0.167. The van der Waals surface area contributed by atoms with Crippen LogP contribution in [0.3, 0.4) is 0 Å². The molecule has 0 unspecified atom stereocenters. The quantitative estimate of drug-likeness (QED) is 0.528. The second kappa shape index (κ2) is 4.16. The summed E-state index contributed by atoms with van der Waals surface area (Å²) in [6, 6.07) is 0. The highest BCUT2D eigenvalue weighted by Crippen LogP contribution is 2.11. The molecule has 0 radical (unpaired) electrons. The van der Waals surface area contributed by atoms with E-state index < -0.39 is 0 Å². The zero-order valence-corrected chi connectivity index (χ0v) is 7.86. The molecule has 3 heteroatoms. The zero-order valence-electron chi connectivity index (χ0n) is 7.04. The second-order valence-electron chi connectivity index (χ2n) is 2.75. The van der Waals surface area contributed by atoms with Gasteiger partial charge in [0.1, 0.15) is 0 Å². The predicted molar refractivity (Wildman–Crippen MR) is 50.5 cm³/mol. The van der Waals surface area contributed by atoms with Gasteiger partial charge in [0.2, 0.25) is 0 Å². The number of nitrogens with zero attached hydrogens (tertiary/aromatic N) is 1.